The lowest BCUT2D eigenvalue weighted by atomic mass is 10.3. The van der Waals surface area contributed by atoms with Gasteiger partial charge in [-0.2, -0.15) is 0 Å². The Morgan fingerprint density at radius 1 is 1.36 bits per heavy atom. The van der Waals surface area contributed by atoms with Crippen molar-refractivity contribution in [3.63, 3.8) is 0 Å². The fourth-order valence-electron chi connectivity index (χ4n) is 2.15. The van der Waals surface area contributed by atoms with E-state index in [1.807, 2.05) is 42.7 Å². The second-order valence-electron chi connectivity index (χ2n) is 4.77. The van der Waals surface area contributed by atoms with Crippen LogP contribution in [-0.2, 0) is 6.54 Å². The first kappa shape index (κ1) is 16.5. The molecule has 0 aliphatic carbocycles. The normalized spacial score (nSPS) is 11.7. The van der Waals surface area contributed by atoms with Crippen molar-refractivity contribution in [3.05, 3.63) is 39.6 Å². The molecule has 0 radical (unpaired) electrons. The Morgan fingerprint density at radius 3 is 2.59 bits per heavy atom. The number of nitrogens with zero attached hydrogens (tertiary/aromatic N) is 2. The highest BCUT2D eigenvalue weighted by Crippen LogP contribution is 2.19. The first-order valence-electron chi connectivity index (χ1n) is 7.16. The Bertz CT molecular complexity index is 714. The van der Waals surface area contributed by atoms with Crippen LogP contribution in [-0.4, -0.2) is 28.7 Å². The lowest BCUT2D eigenvalue weighted by Gasteiger charge is -2.04. The van der Waals surface area contributed by atoms with Crippen LogP contribution in [0.15, 0.2) is 29.3 Å². The van der Waals surface area contributed by atoms with Crippen LogP contribution in [0.2, 0.25) is 0 Å². The predicted molar refractivity (Wildman–Crippen MR) is 87.0 cm³/mol. The summed E-state index contributed by atoms with van der Waals surface area (Å²) in [5.41, 5.74) is 1.63. The van der Waals surface area contributed by atoms with Crippen LogP contribution < -0.4 is 9.54 Å². The molecule has 1 aromatic carbocycles. The summed E-state index contributed by atoms with van der Waals surface area (Å²) < 4.78 is 7.28. The number of carbonyl (C=O) groups is 1. The quantitative estimate of drug-likeness (QED) is 0.832. The number of aliphatic hydroxyl groups excluding tert-OH is 1. The van der Waals surface area contributed by atoms with Crippen molar-refractivity contribution in [2.24, 2.45) is 4.99 Å². The first-order chi connectivity index (χ1) is 10.6. The number of ether oxygens (including phenoxy) is 1. The Labute approximate surface area is 133 Å². The van der Waals surface area contributed by atoms with Gasteiger partial charge in [0.1, 0.15) is 5.75 Å². The molecule has 2 aromatic rings. The molecule has 0 atom stereocenters. The van der Waals surface area contributed by atoms with Gasteiger partial charge in [-0.1, -0.05) is 11.3 Å². The molecule has 0 saturated heterocycles. The smallest absolute Gasteiger partial charge is 0.190 e. The van der Waals surface area contributed by atoms with E-state index in [1.54, 1.807) is 6.92 Å². The van der Waals surface area contributed by atoms with Gasteiger partial charge in [0, 0.05) is 19.2 Å². The summed E-state index contributed by atoms with van der Waals surface area (Å²) >= 11 is 1.35. The molecule has 1 N–H and O–H groups in total. The first-order valence-corrected chi connectivity index (χ1v) is 7.98. The molecule has 0 saturated carbocycles. The number of hydrogen-bond donors (Lipinski definition) is 1. The average molecular weight is 320 g/mol. The molecule has 5 nitrogen and oxygen atoms in total. The summed E-state index contributed by atoms with van der Waals surface area (Å²) in [6, 6.07) is 7.48. The van der Waals surface area contributed by atoms with Crippen molar-refractivity contribution in [3.8, 4) is 5.75 Å². The standard InChI is InChI=1S/C16H20N2O3S/c1-4-21-14-7-5-13(6-8-14)17-16-18(9-10-19)11(2)15(22-16)12(3)20/h5-8,19H,4,9-10H2,1-3H3/b17-16+. The largest absolute Gasteiger partial charge is 0.494 e. The molecule has 118 valence electrons. The van der Waals surface area contributed by atoms with E-state index in [0.717, 1.165) is 17.1 Å². The average Bonchev–Trinajstić information content (AvgIpc) is 2.79. The molecule has 1 aromatic heterocycles. The zero-order valence-corrected chi connectivity index (χ0v) is 13.8. The minimum absolute atomic E-state index is 0.00534. The minimum Gasteiger partial charge on any atom is -0.494 e. The minimum atomic E-state index is 0.00534. The lowest BCUT2D eigenvalue weighted by molar-refractivity contribution is 0.102. The summed E-state index contributed by atoms with van der Waals surface area (Å²) in [7, 11) is 0. The maximum absolute atomic E-state index is 11.7. The molecule has 0 aliphatic rings. The fraction of sp³-hybridized carbons (Fsp3) is 0.375. The number of aliphatic hydroxyl groups is 1. The molecule has 0 aliphatic heterocycles. The van der Waals surface area contributed by atoms with E-state index in [-0.39, 0.29) is 12.4 Å². The van der Waals surface area contributed by atoms with Crippen LogP contribution >= 0.6 is 11.3 Å². The zero-order valence-electron chi connectivity index (χ0n) is 13.0. The highest BCUT2D eigenvalue weighted by Gasteiger charge is 2.13. The second kappa shape index (κ2) is 7.38. The van der Waals surface area contributed by atoms with E-state index in [4.69, 9.17) is 4.74 Å². The van der Waals surface area contributed by atoms with E-state index in [1.165, 1.54) is 11.3 Å². The van der Waals surface area contributed by atoms with Crippen molar-refractivity contribution in [2.45, 2.75) is 27.3 Å². The van der Waals surface area contributed by atoms with Crippen LogP contribution in [0.3, 0.4) is 0 Å². The van der Waals surface area contributed by atoms with Crippen LogP contribution in [0.1, 0.15) is 29.2 Å². The number of carbonyl (C=O) groups excluding carboxylic acids is 1. The third-order valence-electron chi connectivity index (χ3n) is 3.17. The Balaban J connectivity index is 2.45. The number of benzene rings is 1. The molecule has 0 amide bonds. The van der Waals surface area contributed by atoms with Gasteiger partial charge in [0.25, 0.3) is 0 Å². The number of hydrogen-bond acceptors (Lipinski definition) is 5. The van der Waals surface area contributed by atoms with E-state index in [0.29, 0.717) is 22.8 Å². The molecule has 1 heterocycles. The number of rotatable bonds is 6. The van der Waals surface area contributed by atoms with Crippen LogP contribution in [0.4, 0.5) is 5.69 Å². The third kappa shape index (κ3) is 3.64. The van der Waals surface area contributed by atoms with E-state index in [9.17, 15) is 9.90 Å². The SMILES string of the molecule is CCOc1ccc(/N=c2/sc(C(C)=O)c(C)n2CCO)cc1. The van der Waals surface area contributed by atoms with Crippen molar-refractivity contribution in [1.82, 2.24) is 4.57 Å². The third-order valence-corrected chi connectivity index (χ3v) is 4.45. The molecule has 0 fully saturated rings. The Kier molecular flexibility index (Phi) is 5.51. The number of ketones is 1. The topological polar surface area (TPSA) is 63.8 Å². The second-order valence-corrected chi connectivity index (χ2v) is 5.75. The van der Waals surface area contributed by atoms with Gasteiger partial charge in [0.05, 0.1) is 23.8 Å². The number of thiazole rings is 1. The van der Waals surface area contributed by atoms with Gasteiger partial charge in [-0.15, -0.1) is 0 Å². The zero-order chi connectivity index (χ0) is 16.1. The van der Waals surface area contributed by atoms with Crippen LogP contribution in [0.5, 0.6) is 5.75 Å². The van der Waals surface area contributed by atoms with E-state index < -0.39 is 0 Å². The lowest BCUT2D eigenvalue weighted by Crippen LogP contribution is -2.18. The summed E-state index contributed by atoms with van der Waals surface area (Å²) in [6.45, 7) is 6.41. The van der Waals surface area contributed by atoms with Gasteiger partial charge in [0.15, 0.2) is 10.6 Å². The van der Waals surface area contributed by atoms with Gasteiger partial charge >= 0.3 is 0 Å². The number of aromatic nitrogens is 1. The highest BCUT2D eigenvalue weighted by atomic mass is 32.1. The van der Waals surface area contributed by atoms with E-state index in [2.05, 4.69) is 4.99 Å². The molecule has 0 spiro atoms. The molecular formula is C16H20N2O3S. The van der Waals surface area contributed by atoms with Crippen LogP contribution in [0, 0.1) is 6.92 Å². The molecule has 2 rings (SSSR count). The highest BCUT2D eigenvalue weighted by molar-refractivity contribution is 7.11. The van der Waals surface area contributed by atoms with Crippen molar-refractivity contribution >= 4 is 22.8 Å². The van der Waals surface area contributed by atoms with Crippen molar-refractivity contribution in [2.75, 3.05) is 13.2 Å². The molecule has 0 unspecified atom stereocenters. The monoisotopic (exact) mass is 320 g/mol. The van der Waals surface area contributed by atoms with Gasteiger partial charge in [0.2, 0.25) is 0 Å². The maximum Gasteiger partial charge on any atom is 0.190 e. The summed E-state index contributed by atoms with van der Waals surface area (Å²) in [4.78, 5) is 17.7. The maximum atomic E-state index is 11.7. The Morgan fingerprint density at radius 2 is 2.05 bits per heavy atom. The molecule has 6 heteroatoms. The summed E-state index contributed by atoms with van der Waals surface area (Å²) in [6.07, 6.45) is 0. The predicted octanol–water partition coefficient (Wildman–Crippen LogP) is 2.68. The van der Waals surface area contributed by atoms with E-state index >= 15 is 0 Å². The van der Waals surface area contributed by atoms with Crippen molar-refractivity contribution in [1.29, 1.82) is 0 Å². The molecule has 0 bridgehead atoms. The van der Waals surface area contributed by atoms with Gasteiger partial charge in [-0.25, -0.2) is 4.99 Å². The van der Waals surface area contributed by atoms with Gasteiger partial charge < -0.3 is 14.4 Å². The van der Waals surface area contributed by atoms with Crippen LogP contribution in [0.25, 0.3) is 0 Å². The summed E-state index contributed by atoms with van der Waals surface area (Å²) in [5.74, 6) is 0.818. The fourth-order valence-corrected chi connectivity index (χ4v) is 3.23. The molecule has 22 heavy (non-hydrogen) atoms. The molecular weight excluding hydrogens is 300 g/mol. The summed E-state index contributed by atoms with van der Waals surface area (Å²) in [5, 5.41) is 9.22. The van der Waals surface area contributed by atoms with Crippen molar-refractivity contribution < 1.29 is 14.6 Å². The van der Waals surface area contributed by atoms with Gasteiger partial charge in [-0.05, 0) is 38.1 Å². The number of Topliss-reactive ketones (excluding diaryl/α,β-unsaturated/α-hetero) is 1. The van der Waals surface area contributed by atoms with Gasteiger partial charge in [-0.3, -0.25) is 4.79 Å². The Hall–Kier alpha value is -1.92.